The largest absolute Gasteiger partial charge is 0.491 e. The van der Waals surface area contributed by atoms with Gasteiger partial charge in [-0.1, -0.05) is 55.3 Å². The molecule has 0 spiro atoms. The molecule has 6 nitrogen and oxygen atoms in total. The number of carbonyl (C=O) groups is 2. The van der Waals surface area contributed by atoms with Crippen molar-refractivity contribution in [2.75, 3.05) is 40.0 Å². The van der Waals surface area contributed by atoms with Crippen LogP contribution in [0.3, 0.4) is 0 Å². The van der Waals surface area contributed by atoms with Crippen molar-refractivity contribution in [2.24, 2.45) is 0 Å². The number of para-hydroxylation sites is 1. The van der Waals surface area contributed by atoms with Crippen LogP contribution in [0.25, 0.3) is 0 Å². The second kappa shape index (κ2) is 14.8. The zero-order chi connectivity index (χ0) is 27.4. The zero-order valence-electron chi connectivity index (χ0n) is 21.9. The summed E-state index contributed by atoms with van der Waals surface area (Å²) in [5.74, 6) is -0.306. The van der Waals surface area contributed by atoms with Crippen LogP contribution in [0.1, 0.15) is 54.4 Å². The minimum atomic E-state index is -4.41. The van der Waals surface area contributed by atoms with E-state index in [-0.39, 0.29) is 12.5 Å². The van der Waals surface area contributed by atoms with Crippen LogP contribution in [0.2, 0.25) is 0 Å². The van der Waals surface area contributed by atoms with Gasteiger partial charge in [-0.25, -0.2) is 0 Å². The number of carbonyl (C=O) groups excluding carboxylic acids is 2. The van der Waals surface area contributed by atoms with Gasteiger partial charge in [-0.3, -0.25) is 9.59 Å². The standard InChI is InChI=1S/C29H37F3N2O4/c1-37-20-19-33-17-9-2-3-10-18-34(27(35)15-16-29(30,31)32)24(21-23-11-5-4-6-12-23)22-38-26-14-8-7-13-25(26)28(33)36/h4-8,11-14,24H,2-3,9-10,15-22H2,1H3/t24-/m0/s1. The minimum absolute atomic E-state index is 0.0506. The minimum Gasteiger partial charge on any atom is -0.491 e. The fraction of sp³-hybridized carbons (Fsp3) is 0.517. The van der Waals surface area contributed by atoms with E-state index < -0.39 is 31.0 Å². The maximum absolute atomic E-state index is 13.5. The van der Waals surface area contributed by atoms with Gasteiger partial charge in [0.25, 0.3) is 5.91 Å². The van der Waals surface area contributed by atoms with Gasteiger partial charge in [-0.15, -0.1) is 0 Å². The highest BCUT2D eigenvalue weighted by Gasteiger charge is 2.32. The fourth-order valence-corrected chi connectivity index (χ4v) is 4.63. The molecular weight excluding hydrogens is 497 g/mol. The predicted molar refractivity (Wildman–Crippen MR) is 139 cm³/mol. The second-order valence-electron chi connectivity index (χ2n) is 9.55. The number of halogens is 3. The van der Waals surface area contributed by atoms with Crippen LogP contribution in [0.15, 0.2) is 54.6 Å². The molecule has 1 aliphatic rings. The smallest absolute Gasteiger partial charge is 0.389 e. The van der Waals surface area contributed by atoms with E-state index in [4.69, 9.17) is 9.47 Å². The number of methoxy groups -OCH3 is 1. The summed E-state index contributed by atoms with van der Waals surface area (Å²) in [6.07, 6.45) is -2.67. The monoisotopic (exact) mass is 534 g/mol. The summed E-state index contributed by atoms with van der Waals surface area (Å²) in [7, 11) is 1.60. The first-order chi connectivity index (χ1) is 18.3. The molecule has 2 aromatic rings. The molecule has 2 aromatic carbocycles. The molecule has 3 rings (SSSR count). The Morgan fingerprint density at radius 3 is 2.39 bits per heavy atom. The first kappa shape index (κ1) is 29.5. The highest BCUT2D eigenvalue weighted by atomic mass is 19.4. The SMILES string of the molecule is COCCN1CCCCCCN(C(=O)CCC(F)(F)F)[C@@H](Cc2ccccc2)COc2ccccc2C1=O. The Morgan fingerprint density at radius 2 is 1.68 bits per heavy atom. The van der Waals surface area contributed by atoms with Crippen LogP contribution >= 0.6 is 0 Å². The number of nitrogens with zero attached hydrogens (tertiary/aromatic N) is 2. The van der Waals surface area contributed by atoms with E-state index in [1.807, 2.05) is 30.3 Å². The summed E-state index contributed by atoms with van der Waals surface area (Å²) in [4.78, 5) is 29.9. The zero-order valence-corrected chi connectivity index (χ0v) is 21.9. The van der Waals surface area contributed by atoms with Gasteiger partial charge in [0.15, 0.2) is 0 Å². The molecule has 0 N–H and O–H groups in total. The van der Waals surface area contributed by atoms with E-state index in [0.29, 0.717) is 50.4 Å². The number of hydrogen-bond acceptors (Lipinski definition) is 4. The van der Waals surface area contributed by atoms with Crippen molar-refractivity contribution in [2.45, 2.75) is 57.2 Å². The third kappa shape index (κ3) is 9.35. The third-order valence-corrected chi connectivity index (χ3v) is 6.68. The van der Waals surface area contributed by atoms with Gasteiger partial charge >= 0.3 is 6.18 Å². The molecular formula is C29H37F3N2O4. The lowest BCUT2D eigenvalue weighted by Gasteiger charge is -2.33. The number of benzene rings is 2. The van der Waals surface area contributed by atoms with Gasteiger partial charge in [0.05, 0.1) is 24.6 Å². The first-order valence-electron chi connectivity index (χ1n) is 13.2. The molecule has 1 atom stereocenters. The Hall–Kier alpha value is -3.07. The van der Waals surface area contributed by atoms with Crippen molar-refractivity contribution < 1.29 is 32.2 Å². The summed E-state index contributed by atoms with van der Waals surface area (Å²) >= 11 is 0. The van der Waals surface area contributed by atoms with Gasteiger partial charge in [0, 0.05) is 33.2 Å². The number of ether oxygens (including phenoxy) is 2. The summed E-state index contributed by atoms with van der Waals surface area (Å²) in [6.45, 7) is 1.84. The Labute approximate surface area is 222 Å². The maximum atomic E-state index is 13.5. The number of rotatable bonds is 7. The lowest BCUT2D eigenvalue weighted by Crippen LogP contribution is -2.46. The molecule has 2 amide bonds. The van der Waals surface area contributed by atoms with E-state index in [1.54, 1.807) is 41.2 Å². The molecule has 0 unspecified atom stereocenters. The molecule has 0 fully saturated rings. The normalized spacial score (nSPS) is 17.9. The highest BCUT2D eigenvalue weighted by molar-refractivity contribution is 5.97. The van der Waals surface area contributed by atoms with Crippen molar-refractivity contribution in [3.63, 3.8) is 0 Å². The Kier molecular flexibility index (Phi) is 11.5. The Morgan fingerprint density at radius 1 is 1.00 bits per heavy atom. The molecule has 0 aliphatic carbocycles. The summed E-state index contributed by atoms with van der Waals surface area (Å²) in [5, 5.41) is 0. The summed E-state index contributed by atoms with van der Waals surface area (Å²) in [5.41, 5.74) is 1.36. The van der Waals surface area contributed by atoms with Gasteiger partial charge in [0.2, 0.25) is 5.91 Å². The number of amides is 2. The van der Waals surface area contributed by atoms with E-state index in [9.17, 15) is 22.8 Å². The van der Waals surface area contributed by atoms with E-state index in [1.165, 1.54) is 0 Å². The first-order valence-corrected chi connectivity index (χ1v) is 13.2. The van der Waals surface area contributed by atoms with Crippen molar-refractivity contribution in [3.05, 3.63) is 65.7 Å². The van der Waals surface area contributed by atoms with Crippen LogP contribution in [-0.4, -0.2) is 73.8 Å². The third-order valence-electron chi connectivity index (χ3n) is 6.68. The summed E-state index contributed by atoms with van der Waals surface area (Å²) < 4.78 is 50.2. The lowest BCUT2D eigenvalue weighted by molar-refractivity contribution is -0.150. The summed E-state index contributed by atoms with van der Waals surface area (Å²) in [6, 6.07) is 16.0. The molecule has 208 valence electrons. The average molecular weight is 535 g/mol. The van der Waals surface area contributed by atoms with Crippen LogP contribution in [0.4, 0.5) is 13.2 Å². The van der Waals surface area contributed by atoms with Crippen LogP contribution in [0, 0.1) is 0 Å². The second-order valence-corrected chi connectivity index (χ2v) is 9.55. The van der Waals surface area contributed by atoms with Crippen LogP contribution < -0.4 is 4.74 Å². The van der Waals surface area contributed by atoms with Gasteiger partial charge in [0.1, 0.15) is 12.4 Å². The van der Waals surface area contributed by atoms with Crippen molar-refractivity contribution in [1.82, 2.24) is 9.80 Å². The molecule has 0 bridgehead atoms. The molecule has 9 heteroatoms. The van der Waals surface area contributed by atoms with E-state index in [0.717, 1.165) is 24.8 Å². The maximum Gasteiger partial charge on any atom is 0.389 e. The highest BCUT2D eigenvalue weighted by Crippen LogP contribution is 2.25. The van der Waals surface area contributed by atoms with E-state index in [2.05, 4.69) is 0 Å². The molecule has 0 saturated heterocycles. The Bertz CT molecular complexity index is 1020. The van der Waals surface area contributed by atoms with Crippen LogP contribution in [0.5, 0.6) is 5.75 Å². The Balaban J connectivity index is 1.91. The quantitative estimate of drug-likeness (QED) is 0.470. The van der Waals surface area contributed by atoms with E-state index >= 15 is 0 Å². The number of hydrogen-bond donors (Lipinski definition) is 0. The molecule has 0 aromatic heterocycles. The molecule has 0 saturated carbocycles. The van der Waals surface area contributed by atoms with Crippen molar-refractivity contribution >= 4 is 11.8 Å². The van der Waals surface area contributed by atoms with Crippen LogP contribution in [-0.2, 0) is 16.0 Å². The van der Waals surface area contributed by atoms with Crippen molar-refractivity contribution in [3.8, 4) is 5.75 Å². The molecule has 38 heavy (non-hydrogen) atoms. The number of fused-ring (bicyclic) bond motifs is 1. The van der Waals surface area contributed by atoms with Crippen molar-refractivity contribution in [1.29, 1.82) is 0 Å². The average Bonchev–Trinajstić information content (AvgIpc) is 2.90. The predicted octanol–water partition coefficient (Wildman–Crippen LogP) is 5.51. The molecule has 1 aliphatic heterocycles. The topological polar surface area (TPSA) is 59.1 Å². The number of alkyl halides is 3. The van der Waals surface area contributed by atoms with Gasteiger partial charge in [-0.2, -0.15) is 13.2 Å². The lowest BCUT2D eigenvalue weighted by atomic mass is 10.0. The molecule has 1 heterocycles. The van der Waals surface area contributed by atoms with Gasteiger partial charge < -0.3 is 19.3 Å². The molecule has 0 radical (unpaired) electrons. The van der Waals surface area contributed by atoms with Gasteiger partial charge in [-0.05, 0) is 37.0 Å². The fourth-order valence-electron chi connectivity index (χ4n) is 4.63.